The molecule has 2 aromatic carbocycles. The van der Waals surface area contributed by atoms with Crippen LogP contribution in [0.1, 0.15) is 5.56 Å². The Kier molecular flexibility index (Phi) is 6.78. The van der Waals surface area contributed by atoms with Crippen LogP contribution in [0.15, 0.2) is 79.0 Å². The molecule has 0 spiro atoms. The van der Waals surface area contributed by atoms with Gasteiger partial charge >= 0.3 is 0 Å². The number of hydrogen-bond acceptors (Lipinski definition) is 3. The minimum absolute atomic E-state index is 0.0845. The fourth-order valence-electron chi connectivity index (χ4n) is 1.89. The van der Waals surface area contributed by atoms with Crippen molar-refractivity contribution < 1.29 is 4.79 Å². The molecule has 0 amide bonds. The summed E-state index contributed by atoms with van der Waals surface area (Å²) in [4.78, 5) is 13.8. The van der Waals surface area contributed by atoms with Gasteiger partial charge in [-0.15, -0.1) is 0 Å². The molecule has 2 rings (SSSR count). The van der Waals surface area contributed by atoms with Crippen molar-refractivity contribution in [3.63, 3.8) is 0 Å². The van der Waals surface area contributed by atoms with Gasteiger partial charge in [-0.2, -0.15) is 0 Å². The summed E-state index contributed by atoms with van der Waals surface area (Å²) in [5.74, 6) is -0.0845. The van der Waals surface area contributed by atoms with Crippen molar-refractivity contribution in [2.24, 2.45) is 0 Å². The van der Waals surface area contributed by atoms with E-state index in [1.54, 1.807) is 18.4 Å². The summed E-state index contributed by atoms with van der Waals surface area (Å²) in [7, 11) is 0. The van der Waals surface area contributed by atoms with Gasteiger partial charge in [0.05, 0.1) is 0 Å². The second-order valence-electron chi connectivity index (χ2n) is 4.64. The molecule has 23 heavy (non-hydrogen) atoms. The number of carbonyl (C=O) groups excluding carboxylic acids is 1. The van der Waals surface area contributed by atoms with Crippen LogP contribution in [0.25, 0.3) is 6.08 Å². The lowest BCUT2D eigenvalue weighted by Gasteiger charge is -2.19. The van der Waals surface area contributed by atoms with Crippen LogP contribution < -0.4 is 4.90 Å². The predicted octanol–water partition coefficient (Wildman–Crippen LogP) is 4.94. The fraction of sp³-hybridized carbons (Fsp3) is 0.0526. The molecule has 116 valence electrons. The van der Waals surface area contributed by atoms with E-state index in [-0.39, 0.29) is 5.78 Å². The van der Waals surface area contributed by atoms with Crippen molar-refractivity contribution in [3.05, 3.63) is 84.6 Å². The number of benzene rings is 2. The van der Waals surface area contributed by atoms with Gasteiger partial charge in [0.25, 0.3) is 0 Å². The summed E-state index contributed by atoms with van der Waals surface area (Å²) in [6.07, 6.45) is 8.51. The van der Waals surface area contributed by atoms with Gasteiger partial charge in [-0.05, 0) is 30.0 Å². The number of allylic oxidation sites excluding steroid dienone is 2. The van der Waals surface area contributed by atoms with E-state index in [1.807, 2.05) is 71.8 Å². The topological polar surface area (TPSA) is 20.3 Å². The Labute approximate surface area is 146 Å². The number of rotatable bonds is 5. The molecule has 0 unspecified atom stereocenters. The van der Waals surface area contributed by atoms with Crippen molar-refractivity contribution in [1.29, 1.82) is 0 Å². The van der Waals surface area contributed by atoms with E-state index in [4.69, 9.17) is 12.2 Å². The number of nitrogens with zero attached hydrogens (tertiary/aromatic N) is 1. The molecular weight excluding hydrogens is 322 g/mol. The van der Waals surface area contributed by atoms with Crippen LogP contribution >= 0.6 is 24.0 Å². The molecule has 0 heterocycles. The van der Waals surface area contributed by atoms with Gasteiger partial charge in [0.2, 0.25) is 0 Å². The van der Waals surface area contributed by atoms with E-state index in [9.17, 15) is 4.79 Å². The Morgan fingerprint density at radius 3 is 2.22 bits per heavy atom. The maximum Gasteiger partial charge on any atom is 0.180 e. The third-order valence-corrected chi connectivity index (χ3v) is 4.28. The molecular formula is C19H17NOS2. The summed E-state index contributed by atoms with van der Waals surface area (Å²) in [6, 6.07) is 19.5. The Morgan fingerprint density at radius 1 is 1.00 bits per heavy atom. The van der Waals surface area contributed by atoms with E-state index < -0.39 is 0 Å². The summed E-state index contributed by atoms with van der Waals surface area (Å²) in [5, 5.41) is 0. The van der Waals surface area contributed by atoms with Crippen LogP contribution in [0.4, 0.5) is 5.69 Å². The third-order valence-electron chi connectivity index (χ3n) is 3.03. The van der Waals surface area contributed by atoms with E-state index in [2.05, 4.69) is 0 Å². The SMILES string of the molecule is CSC(=S)N(/C=C/C(=O)/C=C/c1ccccc1)c1ccccc1. The first-order valence-electron chi connectivity index (χ1n) is 7.08. The first kappa shape index (κ1) is 17.2. The highest BCUT2D eigenvalue weighted by atomic mass is 32.2. The molecule has 0 fully saturated rings. The molecule has 0 bridgehead atoms. The highest BCUT2D eigenvalue weighted by Crippen LogP contribution is 2.18. The average molecular weight is 339 g/mol. The van der Waals surface area contributed by atoms with E-state index in [0.717, 1.165) is 11.3 Å². The number of ketones is 1. The largest absolute Gasteiger partial charge is 0.303 e. The predicted molar refractivity (Wildman–Crippen MR) is 105 cm³/mol. The first-order valence-corrected chi connectivity index (χ1v) is 8.71. The van der Waals surface area contributed by atoms with Crippen molar-refractivity contribution in [2.75, 3.05) is 11.2 Å². The maximum absolute atomic E-state index is 12.0. The standard InChI is InChI=1S/C19H17NOS2/c1-23-19(22)20(17-10-6-3-7-11-17)15-14-18(21)13-12-16-8-4-2-5-9-16/h2-15H,1H3/b13-12+,15-14+. The second kappa shape index (κ2) is 9.08. The number of para-hydroxylation sites is 1. The summed E-state index contributed by atoms with van der Waals surface area (Å²) in [6.45, 7) is 0. The van der Waals surface area contributed by atoms with Gasteiger partial charge in [-0.1, -0.05) is 78.6 Å². The quantitative estimate of drug-likeness (QED) is 0.568. The molecule has 2 nitrogen and oxygen atoms in total. The average Bonchev–Trinajstić information content (AvgIpc) is 2.61. The minimum Gasteiger partial charge on any atom is -0.303 e. The zero-order valence-corrected chi connectivity index (χ0v) is 14.4. The Balaban J connectivity index is 2.10. The molecule has 0 aliphatic rings. The number of carbonyl (C=O) groups is 1. The van der Waals surface area contributed by atoms with E-state index in [0.29, 0.717) is 4.32 Å². The second-order valence-corrected chi connectivity index (χ2v) is 6.08. The number of thiocarbonyl (C=S) groups is 1. The normalized spacial score (nSPS) is 11.0. The van der Waals surface area contributed by atoms with Crippen molar-refractivity contribution >= 4 is 45.8 Å². The number of thioether (sulfide) groups is 1. The molecule has 0 aliphatic heterocycles. The molecule has 2 aromatic rings. The molecule has 0 N–H and O–H groups in total. The molecule has 0 aliphatic carbocycles. The summed E-state index contributed by atoms with van der Waals surface area (Å²) in [5.41, 5.74) is 1.93. The summed E-state index contributed by atoms with van der Waals surface area (Å²) >= 11 is 6.83. The molecule has 4 heteroatoms. The molecule has 0 radical (unpaired) electrons. The van der Waals surface area contributed by atoms with Crippen LogP contribution in [0.5, 0.6) is 0 Å². The van der Waals surface area contributed by atoms with Crippen molar-refractivity contribution in [1.82, 2.24) is 0 Å². The Hall–Kier alpha value is -2.17. The Bertz CT molecular complexity index is 709. The lowest BCUT2D eigenvalue weighted by atomic mass is 10.2. The maximum atomic E-state index is 12.0. The Morgan fingerprint density at radius 2 is 1.61 bits per heavy atom. The fourth-order valence-corrected chi connectivity index (χ4v) is 2.41. The lowest BCUT2D eigenvalue weighted by Crippen LogP contribution is -2.20. The van der Waals surface area contributed by atoms with Crippen LogP contribution in [-0.4, -0.2) is 16.4 Å². The van der Waals surface area contributed by atoms with Gasteiger partial charge in [0, 0.05) is 18.0 Å². The van der Waals surface area contributed by atoms with Gasteiger partial charge in [0.1, 0.15) is 4.32 Å². The first-order chi connectivity index (χ1) is 11.2. The zero-order chi connectivity index (χ0) is 16.5. The van der Waals surface area contributed by atoms with Crippen LogP contribution in [0.3, 0.4) is 0 Å². The smallest absolute Gasteiger partial charge is 0.180 e. The molecule has 0 saturated carbocycles. The molecule has 0 aromatic heterocycles. The monoisotopic (exact) mass is 339 g/mol. The van der Waals surface area contributed by atoms with Crippen LogP contribution in [0.2, 0.25) is 0 Å². The molecule has 0 saturated heterocycles. The van der Waals surface area contributed by atoms with Crippen LogP contribution in [-0.2, 0) is 4.79 Å². The zero-order valence-electron chi connectivity index (χ0n) is 12.8. The summed E-state index contributed by atoms with van der Waals surface area (Å²) < 4.78 is 0.687. The highest BCUT2D eigenvalue weighted by molar-refractivity contribution is 8.22. The van der Waals surface area contributed by atoms with Gasteiger partial charge < -0.3 is 4.90 Å². The number of hydrogen-bond donors (Lipinski definition) is 0. The van der Waals surface area contributed by atoms with Crippen molar-refractivity contribution in [3.8, 4) is 0 Å². The van der Waals surface area contributed by atoms with Crippen LogP contribution in [0, 0.1) is 0 Å². The molecule has 0 atom stereocenters. The third kappa shape index (κ3) is 5.51. The highest BCUT2D eigenvalue weighted by Gasteiger charge is 2.07. The van der Waals surface area contributed by atoms with E-state index >= 15 is 0 Å². The minimum atomic E-state index is -0.0845. The number of anilines is 1. The van der Waals surface area contributed by atoms with Gasteiger partial charge in [0.15, 0.2) is 5.78 Å². The van der Waals surface area contributed by atoms with E-state index in [1.165, 1.54) is 17.8 Å². The van der Waals surface area contributed by atoms with Gasteiger partial charge in [-0.3, -0.25) is 4.79 Å². The lowest BCUT2D eigenvalue weighted by molar-refractivity contribution is -0.110. The van der Waals surface area contributed by atoms with Gasteiger partial charge in [-0.25, -0.2) is 0 Å². The van der Waals surface area contributed by atoms with Crippen molar-refractivity contribution in [2.45, 2.75) is 0 Å².